The third kappa shape index (κ3) is 2.49. The van der Waals surface area contributed by atoms with E-state index in [0.29, 0.717) is 17.9 Å². The quantitative estimate of drug-likeness (QED) is 0.691. The first-order valence-corrected chi connectivity index (χ1v) is 7.32. The molecule has 3 aromatic rings. The number of fused-ring (bicyclic) bond motifs is 1. The Morgan fingerprint density at radius 1 is 1.29 bits per heavy atom. The molecule has 0 aliphatic rings. The van der Waals surface area contributed by atoms with E-state index in [-0.39, 0.29) is 10.9 Å². The van der Waals surface area contributed by atoms with Gasteiger partial charge in [-0.1, -0.05) is 11.6 Å². The van der Waals surface area contributed by atoms with Crippen LogP contribution in [0.2, 0.25) is 5.02 Å². The van der Waals surface area contributed by atoms with Gasteiger partial charge in [0.15, 0.2) is 5.82 Å². The third-order valence-electron chi connectivity index (χ3n) is 3.32. The van der Waals surface area contributed by atoms with Crippen LogP contribution in [0.4, 0.5) is 4.39 Å². The molecule has 0 atom stereocenters. The van der Waals surface area contributed by atoms with Crippen molar-refractivity contribution in [3.8, 4) is 0 Å². The number of imidazole rings is 1. The molecule has 2 heterocycles. The molecule has 0 aliphatic heterocycles. The molecule has 0 radical (unpaired) electrons. The Labute approximate surface area is 130 Å². The molecule has 0 bridgehead atoms. The molecule has 0 fully saturated rings. The summed E-state index contributed by atoms with van der Waals surface area (Å²) in [6.07, 6.45) is 1.67. The standard InChI is InChI=1S/C13H12Cl2FN5/c1-2-20-7-17-19-13(20)6-21-11-3-8(15)9(16)4-10(11)18-12(21)5-14/h3-4,7H,2,5-6H2,1H3. The number of aryl methyl sites for hydroxylation is 1. The van der Waals surface area contributed by atoms with Gasteiger partial charge < -0.3 is 9.13 Å². The van der Waals surface area contributed by atoms with Crippen LogP contribution < -0.4 is 0 Å². The Bertz CT molecular complexity index is 795. The van der Waals surface area contributed by atoms with Gasteiger partial charge in [0.2, 0.25) is 0 Å². The molecule has 1 aromatic carbocycles. The summed E-state index contributed by atoms with van der Waals surface area (Å²) in [4.78, 5) is 4.34. The Morgan fingerprint density at radius 2 is 2.10 bits per heavy atom. The highest BCUT2D eigenvalue weighted by atomic mass is 35.5. The highest BCUT2D eigenvalue weighted by Gasteiger charge is 2.15. The number of alkyl halides is 1. The first-order chi connectivity index (χ1) is 10.1. The summed E-state index contributed by atoms with van der Waals surface area (Å²) in [6, 6.07) is 2.87. The highest BCUT2D eigenvalue weighted by molar-refractivity contribution is 6.31. The van der Waals surface area contributed by atoms with Crippen molar-refractivity contribution < 1.29 is 4.39 Å². The van der Waals surface area contributed by atoms with E-state index in [0.717, 1.165) is 17.9 Å². The molecule has 5 nitrogen and oxygen atoms in total. The van der Waals surface area contributed by atoms with Gasteiger partial charge in [-0.25, -0.2) is 9.37 Å². The van der Waals surface area contributed by atoms with Gasteiger partial charge in [-0.3, -0.25) is 0 Å². The summed E-state index contributed by atoms with van der Waals surface area (Å²) >= 11 is 11.8. The first-order valence-electron chi connectivity index (χ1n) is 6.40. The summed E-state index contributed by atoms with van der Waals surface area (Å²) in [5, 5.41) is 8.06. The van der Waals surface area contributed by atoms with Gasteiger partial charge in [-0.2, -0.15) is 0 Å². The molecule has 110 valence electrons. The van der Waals surface area contributed by atoms with E-state index in [1.165, 1.54) is 6.07 Å². The summed E-state index contributed by atoms with van der Waals surface area (Å²) in [5.41, 5.74) is 1.25. The van der Waals surface area contributed by atoms with Gasteiger partial charge in [-0.15, -0.1) is 21.8 Å². The maximum absolute atomic E-state index is 13.5. The van der Waals surface area contributed by atoms with Crippen molar-refractivity contribution >= 4 is 34.2 Å². The molecule has 21 heavy (non-hydrogen) atoms. The van der Waals surface area contributed by atoms with Crippen molar-refractivity contribution in [3.05, 3.63) is 40.9 Å². The Kier molecular flexibility index (Phi) is 3.82. The van der Waals surface area contributed by atoms with E-state index in [4.69, 9.17) is 23.2 Å². The molecule has 0 amide bonds. The van der Waals surface area contributed by atoms with Crippen LogP contribution in [0, 0.1) is 5.82 Å². The molecular weight excluding hydrogens is 316 g/mol. The van der Waals surface area contributed by atoms with Gasteiger partial charge in [0.25, 0.3) is 0 Å². The van der Waals surface area contributed by atoms with Crippen LogP contribution in [-0.4, -0.2) is 24.3 Å². The van der Waals surface area contributed by atoms with Crippen LogP contribution in [0.15, 0.2) is 18.5 Å². The molecule has 8 heteroatoms. The van der Waals surface area contributed by atoms with E-state index in [1.54, 1.807) is 12.4 Å². The minimum Gasteiger partial charge on any atom is -0.319 e. The van der Waals surface area contributed by atoms with Crippen LogP contribution >= 0.6 is 23.2 Å². The minimum atomic E-state index is -0.494. The Morgan fingerprint density at radius 3 is 2.81 bits per heavy atom. The topological polar surface area (TPSA) is 48.5 Å². The second kappa shape index (κ2) is 5.61. The first kappa shape index (κ1) is 14.3. The molecule has 0 unspecified atom stereocenters. The second-order valence-electron chi connectivity index (χ2n) is 4.54. The minimum absolute atomic E-state index is 0.0572. The molecule has 0 saturated heterocycles. The molecule has 0 saturated carbocycles. The van der Waals surface area contributed by atoms with Gasteiger partial charge in [0, 0.05) is 12.6 Å². The van der Waals surface area contributed by atoms with E-state index >= 15 is 0 Å². The smallest absolute Gasteiger partial charge is 0.152 e. The number of benzene rings is 1. The van der Waals surface area contributed by atoms with Crippen molar-refractivity contribution in [1.82, 2.24) is 24.3 Å². The number of rotatable bonds is 4. The monoisotopic (exact) mass is 327 g/mol. The molecule has 0 spiro atoms. The summed E-state index contributed by atoms with van der Waals surface area (Å²) in [5.74, 6) is 1.14. The lowest BCUT2D eigenvalue weighted by molar-refractivity contribution is 0.629. The predicted molar refractivity (Wildman–Crippen MR) is 79.1 cm³/mol. The maximum Gasteiger partial charge on any atom is 0.152 e. The lowest BCUT2D eigenvalue weighted by atomic mass is 10.3. The van der Waals surface area contributed by atoms with Gasteiger partial charge in [0.1, 0.15) is 18.0 Å². The fraction of sp³-hybridized carbons (Fsp3) is 0.308. The maximum atomic E-state index is 13.5. The van der Waals surface area contributed by atoms with E-state index in [2.05, 4.69) is 15.2 Å². The van der Waals surface area contributed by atoms with Crippen LogP contribution in [0.3, 0.4) is 0 Å². The van der Waals surface area contributed by atoms with Crippen LogP contribution in [-0.2, 0) is 19.0 Å². The lowest BCUT2D eigenvalue weighted by Gasteiger charge is -2.08. The Balaban J connectivity index is 2.14. The SMILES string of the molecule is CCn1cnnc1Cn1c(CCl)nc2cc(F)c(Cl)cc21. The normalized spacial score (nSPS) is 11.4. The van der Waals surface area contributed by atoms with Crippen LogP contribution in [0.5, 0.6) is 0 Å². The number of nitrogens with zero attached hydrogens (tertiary/aromatic N) is 5. The molecule has 0 N–H and O–H groups in total. The third-order valence-corrected chi connectivity index (χ3v) is 3.85. The van der Waals surface area contributed by atoms with Gasteiger partial charge in [0.05, 0.1) is 28.5 Å². The van der Waals surface area contributed by atoms with Crippen LogP contribution in [0.1, 0.15) is 18.6 Å². The molecule has 0 aliphatic carbocycles. The van der Waals surface area contributed by atoms with Crippen molar-refractivity contribution in [2.75, 3.05) is 0 Å². The summed E-state index contributed by atoms with van der Waals surface area (Å²) in [6.45, 7) is 3.22. The summed E-state index contributed by atoms with van der Waals surface area (Å²) < 4.78 is 17.4. The van der Waals surface area contributed by atoms with Gasteiger partial charge in [-0.05, 0) is 13.0 Å². The second-order valence-corrected chi connectivity index (χ2v) is 5.21. The van der Waals surface area contributed by atoms with Crippen molar-refractivity contribution in [1.29, 1.82) is 0 Å². The average Bonchev–Trinajstić information content (AvgIpc) is 3.05. The predicted octanol–water partition coefficient (Wildman–Crippen LogP) is 3.23. The number of hydrogen-bond acceptors (Lipinski definition) is 3. The molecule has 2 aromatic heterocycles. The largest absolute Gasteiger partial charge is 0.319 e. The van der Waals surface area contributed by atoms with Crippen molar-refractivity contribution in [2.45, 2.75) is 25.9 Å². The molecule has 3 rings (SSSR count). The van der Waals surface area contributed by atoms with Crippen LogP contribution in [0.25, 0.3) is 11.0 Å². The zero-order valence-corrected chi connectivity index (χ0v) is 12.7. The fourth-order valence-corrected chi connectivity index (χ4v) is 2.62. The molecular formula is C13H12Cl2FN5. The fourth-order valence-electron chi connectivity index (χ4n) is 2.26. The Hall–Kier alpha value is -1.66. The van der Waals surface area contributed by atoms with Gasteiger partial charge >= 0.3 is 0 Å². The number of halogens is 3. The zero-order chi connectivity index (χ0) is 15.0. The number of aromatic nitrogens is 5. The van der Waals surface area contributed by atoms with Crippen molar-refractivity contribution in [3.63, 3.8) is 0 Å². The number of hydrogen-bond donors (Lipinski definition) is 0. The highest BCUT2D eigenvalue weighted by Crippen LogP contribution is 2.25. The van der Waals surface area contributed by atoms with Crippen molar-refractivity contribution in [2.24, 2.45) is 0 Å². The summed E-state index contributed by atoms with van der Waals surface area (Å²) in [7, 11) is 0. The van der Waals surface area contributed by atoms with E-state index in [9.17, 15) is 4.39 Å². The zero-order valence-electron chi connectivity index (χ0n) is 11.2. The van der Waals surface area contributed by atoms with E-state index in [1.807, 2.05) is 16.1 Å². The van der Waals surface area contributed by atoms with E-state index < -0.39 is 5.82 Å². The lowest BCUT2D eigenvalue weighted by Crippen LogP contribution is -2.09. The average molecular weight is 328 g/mol.